The molecule has 0 aliphatic carbocycles. The van der Waals surface area contributed by atoms with E-state index in [0.29, 0.717) is 18.0 Å². The third kappa shape index (κ3) is 4.09. The van der Waals surface area contributed by atoms with E-state index in [9.17, 15) is 0 Å². The molecular formula is C12H25NO2. The van der Waals surface area contributed by atoms with Crippen LogP contribution in [0.15, 0.2) is 0 Å². The number of hydrogen-bond donors (Lipinski definition) is 2. The van der Waals surface area contributed by atoms with E-state index < -0.39 is 0 Å². The van der Waals surface area contributed by atoms with Gasteiger partial charge in [-0.15, -0.1) is 0 Å². The molecule has 0 bridgehead atoms. The molecule has 15 heavy (non-hydrogen) atoms. The minimum atomic E-state index is -0.00190. The number of aliphatic hydroxyl groups excluding tert-OH is 1. The third-order valence-corrected chi connectivity index (χ3v) is 3.34. The largest absolute Gasteiger partial charge is 0.396 e. The molecule has 0 aromatic carbocycles. The highest BCUT2D eigenvalue weighted by atomic mass is 16.5. The van der Waals surface area contributed by atoms with Gasteiger partial charge in [-0.2, -0.15) is 0 Å². The molecule has 3 unspecified atom stereocenters. The number of ether oxygens (including phenoxy) is 1. The summed E-state index contributed by atoms with van der Waals surface area (Å²) in [6, 6.07) is 0.895. The smallest absolute Gasteiger partial charge is 0.0641 e. The maximum Gasteiger partial charge on any atom is 0.0641 e. The van der Waals surface area contributed by atoms with Gasteiger partial charge in [0, 0.05) is 25.3 Å². The second-order valence-corrected chi connectivity index (χ2v) is 5.41. The van der Waals surface area contributed by atoms with Gasteiger partial charge < -0.3 is 15.2 Å². The lowest BCUT2D eigenvalue weighted by atomic mass is 9.92. The van der Waals surface area contributed by atoms with Crippen LogP contribution >= 0.6 is 0 Å². The van der Waals surface area contributed by atoms with Crippen LogP contribution in [0.4, 0.5) is 0 Å². The monoisotopic (exact) mass is 215 g/mol. The lowest BCUT2D eigenvalue weighted by molar-refractivity contribution is -0.0648. The van der Waals surface area contributed by atoms with Crippen molar-refractivity contribution in [2.75, 3.05) is 13.2 Å². The predicted molar refractivity (Wildman–Crippen MR) is 61.9 cm³/mol. The summed E-state index contributed by atoms with van der Waals surface area (Å²) >= 11 is 0. The van der Waals surface area contributed by atoms with Gasteiger partial charge in [-0.25, -0.2) is 0 Å². The Morgan fingerprint density at radius 2 is 2.13 bits per heavy atom. The Morgan fingerprint density at radius 3 is 2.67 bits per heavy atom. The van der Waals surface area contributed by atoms with Gasteiger partial charge in [0.2, 0.25) is 0 Å². The quantitative estimate of drug-likeness (QED) is 0.747. The molecule has 0 saturated carbocycles. The topological polar surface area (TPSA) is 41.5 Å². The first-order valence-electron chi connectivity index (χ1n) is 5.95. The van der Waals surface area contributed by atoms with Crippen LogP contribution in [0.25, 0.3) is 0 Å². The van der Waals surface area contributed by atoms with E-state index in [1.54, 1.807) is 0 Å². The van der Waals surface area contributed by atoms with Crippen LogP contribution in [0.5, 0.6) is 0 Å². The van der Waals surface area contributed by atoms with Crippen molar-refractivity contribution in [1.29, 1.82) is 0 Å². The van der Waals surface area contributed by atoms with Crippen molar-refractivity contribution in [2.45, 2.75) is 58.2 Å². The van der Waals surface area contributed by atoms with Crippen LogP contribution < -0.4 is 5.32 Å². The summed E-state index contributed by atoms with van der Waals surface area (Å²) in [6.07, 6.45) is 2.13. The van der Waals surface area contributed by atoms with Crippen molar-refractivity contribution in [3.05, 3.63) is 0 Å². The summed E-state index contributed by atoms with van der Waals surface area (Å²) in [4.78, 5) is 0. The number of aliphatic hydroxyl groups is 1. The molecule has 1 fully saturated rings. The van der Waals surface area contributed by atoms with E-state index in [2.05, 4.69) is 33.0 Å². The Hall–Kier alpha value is -0.120. The van der Waals surface area contributed by atoms with Crippen LogP contribution in [0, 0.1) is 5.92 Å². The highest BCUT2D eigenvalue weighted by molar-refractivity contribution is 4.85. The molecule has 0 spiro atoms. The molecule has 0 amide bonds. The highest BCUT2D eigenvalue weighted by Gasteiger charge is 2.29. The van der Waals surface area contributed by atoms with Crippen LogP contribution in [-0.2, 0) is 4.74 Å². The molecule has 0 aromatic rings. The molecule has 0 radical (unpaired) electrons. The number of rotatable bonds is 4. The minimum Gasteiger partial charge on any atom is -0.396 e. The number of hydrogen-bond acceptors (Lipinski definition) is 3. The van der Waals surface area contributed by atoms with Crippen LogP contribution in [0.2, 0.25) is 0 Å². The van der Waals surface area contributed by atoms with Crippen molar-refractivity contribution in [1.82, 2.24) is 5.32 Å². The third-order valence-electron chi connectivity index (χ3n) is 3.34. The van der Waals surface area contributed by atoms with Crippen molar-refractivity contribution in [2.24, 2.45) is 5.92 Å². The molecular weight excluding hydrogens is 190 g/mol. The maximum absolute atomic E-state index is 9.07. The van der Waals surface area contributed by atoms with E-state index in [4.69, 9.17) is 9.84 Å². The lowest BCUT2D eigenvalue weighted by Gasteiger charge is -2.38. The molecule has 1 aliphatic heterocycles. The molecule has 90 valence electrons. The van der Waals surface area contributed by atoms with Crippen molar-refractivity contribution < 1.29 is 9.84 Å². The van der Waals surface area contributed by atoms with Gasteiger partial charge in [0.25, 0.3) is 0 Å². The van der Waals surface area contributed by atoms with E-state index >= 15 is 0 Å². The summed E-state index contributed by atoms with van der Waals surface area (Å²) in [7, 11) is 0. The normalized spacial score (nSPS) is 29.8. The van der Waals surface area contributed by atoms with Crippen molar-refractivity contribution in [3.63, 3.8) is 0 Å². The molecule has 1 saturated heterocycles. The minimum absolute atomic E-state index is 0.00190. The van der Waals surface area contributed by atoms with Gasteiger partial charge in [-0.3, -0.25) is 0 Å². The number of nitrogens with one attached hydrogen (secondary N) is 1. The zero-order valence-corrected chi connectivity index (χ0v) is 10.4. The molecule has 0 aromatic heterocycles. The fraction of sp³-hybridized carbons (Fsp3) is 1.00. The summed E-state index contributed by atoms with van der Waals surface area (Å²) in [5.74, 6) is 0.316. The van der Waals surface area contributed by atoms with Gasteiger partial charge in [0.1, 0.15) is 0 Å². The molecule has 1 heterocycles. The summed E-state index contributed by atoms with van der Waals surface area (Å²) in [5.41, 5.74) is -0.00190. The SMILES string of the molecule is CC(CO)C(C)NC1CCOC(C)(C)C1. The van der Waals surface area contributed by atoms with E-state index in [0.717, 1.165) is 19.4 Å². The first kappa shape index (κ1) is 12.9. The van der Waals surface area contributed by atoms with Crippen LogP contribution in [-0.4, -0.2) is 36.0 Å². The molecule has 3 atom stereocenters. The Kier molecular flexibility index (Phi) is 4.56. The lowest BCUT2D eigenvalue weighted by Crippen LogP contribution is -2.48. The first-order valence-corrected chi connectivity index (χ1v) is 5.95. The fourth-order valence-corrected chi connectivity index (χ4v) is 2.07. The fourth-order valence-electron chi connectivity index (χ4n) is 2.07. The molecule has 1 aliphatic rings. The van der Waals surface area contributed by atoms with Gasteiger partial charge in [0.15, 0.2) is 0 Å². The van der Waals surface area contributed by atoms with Crippen LogP contribution in [0.1, 0.15) is 40.5 Å². The van der Waals surface area contributed by atoms with Gasteiger partial charge in [-0.1, -0.05) is 6.92 Å². The van der Waals surface area contributed by atoms with E-state index in [-0.39, 0.29) is 12.2 Å². The van der Waals surface area contributed by atoms with Gasteiger partial charge >= 0.3 is 0 Å². The average Bonchev–Trinajstić information content (AvgIpc) is 2.14. The maximum atomic E-state index is 9.07. The molecule has 3 nitrogen and oxygen atoms in total. The van der Waals surface area contributed by atoms with E-state index in [1.165, 1.54) is 0 Å². The summed E-state index contributed by atoms with van der Waals surface area (Å²) in [6.45, 7) is 9.58. The molecule has 2 N–H and O–H groups in total. The predicted octanol–water partition coefficient (Wildman–Crippen LogP) is 1.55. The van der Waals surface area contributed by atoms with Crippen molar-refractivity contribution in [3.8, 4) is 0 Å². The van der Waals surface area contributed by atoms with Gasteiger partial charge in [0.05, 0.1) is 5.60 Å². The van der Waals surface area contributed by atoms with E-state index in [1.807, 2.05) is 0 Å². The summed E-state index contributed by atoms with van der Waals surface area (Å²) in [5, 5.41) is 12.7. The highest BCUT2D eigenvalue weighted by Crippen LogP contribution is 2.24. The second kappa shape index (κ2) is 5.28. The average molecular weight is 215 g/mol. The van der Waals surface area contributed by atoms with Gasteiger partial charge in [-0.05, 0) is 39.5 Å². The Balaban J connectivity index is 2.38. The molecule has 3 heteroatoms. The van der Waals surface area contributed by atoms with Crippen molar-refractivity contribution >= 4 is 0 Å². The zero-order chi connectivity index (χ0) is 11.5. The zero-order valence-electron chi connectivity index (χ0n) is 10.4. The Labute approximate surface area is 93.2 Å². The Bertz CT molecular complexity index is 194. The second-order valence-electron chi connectivity index (χ2n) is 5.41. The first-order chi connectivity index (χ1) is 6.94. The van der Waals surface area contributed by atoms with Crippen LogP contribution in [0.3, 0.4) is 0 Å². The molecule has 1 rings (SSSR count). The summed E-state index contributed by atoms with van der Waals surface area (Å²) < 4.78 is 5.67. The Morgan fingerprint density at radius 1 is 1.47 bits per heavy atom. The standard InChI is InChI=1S/C12H25NO2/c1-9(8-14)10(2)13-11-5-6-15-12(3,4)7-11/h9-11,13-14H,5-8H2,1-4H3.